The molecule has 0 radical (unpaired) electrons. The largest absolute Gasteiger partial charge is 0.416 e. The molecule has 0 saturated heterocycles. The van der Waals surface area contributed by atoms with Gasteiger partial charge >= 0.3 is 6.18 Å². The lowest BCUT2D eigenvalue weighted by Gasteiger charge is -2.35. The maximum absolute atomic E-state index is 14.4. The van der Waals surface area contributed by atoms with Crippen LogP contribution in [0.5, 0.6) is 0 Å². The van der Waals surface area contributed by atoms with Crippen molar-refractivity contribution >= 4 is 48.3 Å². The molecule has 3 aromatic carbocycles. The number of nitrogens with zero attached hydrogens (tertiary/aromatic N) is 2. The van der Waals surface area contributed by atoms with Crippen molar-refractivity contribution in [3.63, 3.8) is 0 Å². The van der Waals surface area contributed by atoms with E-state index in [1.165, 1.54) is 10.7 Å². The van der Waals surface area contributed by atoms with E-state index >= 15 is 0 Å². The molecule has 1 aromatic heterocycles. The number of nitrogens with one attached hydrogen (secondary N) is 2. The number of halogens is 6. The van der Waals surface area contributed by atoms with E-state index in [1.807, 2.05) is 0 Å². The van der Waals surface area contributed by atoms with E-state index in [9.17, 15) is 36.6 Å². The topological polar surface area (TPSA) is 105 Å². The molecule has 4 aromatic rings. The lowest BCUT2D eigenvalue weighted by molar-refractivity contribution is -0.137. The molecule has 0 bridgehead atoms. The lowest BCUT2D eigenvalue weighted by atomic mass is 9.91. The number of hydrogen-bond acceptors (Lipinski definition) is 5. The van der Waals surface area contributed by atoms with E-state index in [0.29, 0.717) is 12.1 Å². The second kappa shape index (κ2) is 12.0. The average molecular weight is 705 g/mol. The van der Waals surface area contributed by atoms with Gasteiger partial charge in [0.15, 0.2) is 14.0 Å². The smallest absolute Gasteiger partial charge is 0.406 e. The minimum Gasteiger partial charge on any atom is -0.406 e. The summed E-state index contributed by atoms with van der Waals surface area (Å²) in [6, 6.07) is 5.68. The first-order valence-corrected chi connectivity index (χ1v) is 17.8. The van der Waals surface area contributed by atoms with Gasteiger partial charge in [-0.2, -0.15) is 18.3 Å². The molecule has 1 aliphatic heterocycles. The summed E-state index contributed by atoms with van der Waals surface area (Å²) in [5, 5.41) is 21.2. The predicted octanol–water partition coefficient (Wildman–Crippen LogP) is 7.09. The Morgan fingerprint density at radius 2 is 1.81 bits per heavy atom. The summed E-state index contributed by atoms with van der Waals surface area (Å²) in [7, 11) is -0.589. The van der Waals surface area contributed by atoms with E-state index in [-0.39, 0.29) is 61.7 Å². The first kappa shape index (κ1) is 35.0. The fourth-order valence-corrected chi connectivity index (χ4v) is 6.19. The Bertz CT molecular complexity index is 2060. The fraction of sp³-hybridized carbons (Fsp3) is 0.303. The van der Waals surface area contributed by atoms with Crippen LogP contribution in [0.1, 0.15) is 63.9 Å². The summed E-state index contributed by atoms with van der Waals surface area (Å²) >= 11 is 6.33. The third kappa shape index (κ3) is 6.30. The van der Waals surface area contributed by atoms with Crippen LogP contribution in [0.15, 0.2) is 42.5 Å². The summed E-state index contributed by atoms with van der Waals surface area (Å²) < 4.78 is 76.5. The first-order chi connectivity index (χ1) is 22.1. The molecule has 2 amide bonds. The molecule has 8 nitrogen and oxygen atoms in total. The third-order valence-electron chi connectivity index (χ3n) is 8.58. The van der Waals surface area contributed by atoms with Crippen molar-refractivity contribution in [3.8, 4) is 11.8 Å². The normalized spacial score (nSPS) is 16.4. The minimum absolute atomic E-state index is 0.0474. The Hall–Kier alpha value is -4.29. The minimum atomic E-state index is -4.96. The first-order valence-electron chi connectivity index (χ1n) is 14.5. The Labute approximate surface area is 278 Å². The molecule has 1 atom stereocenters. The Kier molecular flexibility index (Phi) is 8.75. The number of benzene rings is 3. The van der Waals surface area contributed by atoms with Crippen LogP contribution in [0, 0.1) is 23.5 Å². The standard InChI is InChI=1S/C33H30ClF5N4O4Si/c1-31(2,3)48(5,6)47-11-7-8-25-21-16-24(40-29(44)17-12-18(33(37,38)39)14-20(36)13-17)27-26(28(21)42-43(25)4)30(45)41-32(27,46)22-15-19(35)9-10-23(22)34/h9-10,12-16,46H,11H2,1-6H3,(H,40,44)(H,41,45). The van der Waals surface area contributed by atoms with Crippen LogP contribution in [0.4, 0.5) is 27.6 Å². The molecule has 1 aliphatic rings. The van der Waals surface area contributed by atoms with Crippen LogP contribution >= 0.6 is 11.6 Å². The molecule has 48 heavy (non-hydrogen) atoms. The molecule has 0 saturated carbocycles. The summed E-state index contributed by atoms with van der Waals surface area (Å²) in [5.41, 5.74) is -5.45. The van der Waals surface area contributed by atoms with E-state index < -0.39 is 54.8 Å². The lowest BCUT2D eigenvalue weighted by Crippen LogP contribution is -2.41. The highest BCUT2D eigenvalue weighted by atomic mass is 35.5. The number of rotatable bonds is 5. The number of anilines is 1. The molecule has 3 N–H and O–H groups in total. The molecule has 0 fully saturated rings. The van der Waals surface area contributed by atoms with Crippen molar-refractivity contribution in [2.45, 2.75) is 50.8 Å². The van der Waals surface area contributed by atoms with E-state index in [0.717, 1.165) is 18.2 Å². The van der Waals surface area contributed by atoms with Gasteiger partial charge in [0.1, 0.15) is 22.8 Å². The highest BCUT2D eigenvalue weighted by Crippen LogP contribution is 2.46. The van der Waals surface area contributed by atoms with Gasteiger partial charge in [-0.3, -0.25) is 14.3 Å². The van der Waals surface area contributed by atoms with Crippen molar-refractivity contribution in [2.24, 2.45) is 7.05 Å². The Morgan fingerprint density at radius 3 is 2.46 bits per heavy atom. The number of amides is 2. The summed E-state index contributed by atoms with van der Waals surface area (Å²) in [6.07, 6.45) is -4.96. The number of carbonyl (C=O) groups is 2. The molecular weight excluding hydrogens is 675 g/mol. The second-order valence-electron chi connectivity index (χ2n) is 12.9. The van der Waals surface area contributed by atoms with Crippen LogP contribution in [0.2, 0.25) is 23.2 Å². The average Bonchev–Trinajstić information content (AvgIpc) is 3.43. The van der Waals surface area contributed by atoms with Crippen molar-refractivity contribution in [1.82, 2.24) is 15.1 Å². The van der Waals surface area contributed by atoms with Crippen LogP contribution in [0.3, 0.4) is 0 Å². The van der Waals surface area contributed by atoms with Gasteiger partial charge in [-0.05, 0) is 66.5 Å². The summed E-state index contributed by atoms with van der Waals surface area (Å²) in [6.45, 7) is 10.4. The van der Waals surface area contributed by atoms with E-state index in [2.05, 4.69) is 61.4 Å². The number of aliphatic hydroxyl groups is 1. The number of carbonyl (C=O) groups excluding carboxylic acids is 2. The molecule has 0 spiro atoms. The number of aryl methyl sites for hydroxylation is 1. The predicted molar refractivity (Wildman–Crippen MR) is 172 cm³/mol. The zero-order chi connectivity index (χ0) is 35.6. The molecule has 2 heterocycles. The van der Waals surface area contributed by atoms with Gasteiger partial charge in [-0.15, -0.1) is 0 Å². The summed E-state index contributed by atoms with van der Waals surface area (Å²) in [5.74, 6) is 1.72. The van der Waals surface area contributed by atoms with Crippen molar-refractivity contribution in [1.29, 1.82) is 0 Å². The Morgan fingerprint density at radius 1 is 1.12 bits per heavy atom. The zero-order valence-corrected chi connectivity index (χ0v) is 28.3. The van der Waals surface area contributed by atoms with E-state index in [1.54, 1.807) is 7.05 Å². The van der Waals surface area contributed by atoms with Gasteiger partial charge in [0, 0.05) is 34.1 Å². The monoisotopic (exact) mass is 704 g/mol. The molecule has 1 unspecified atom stereocenters. The number of aromatic nitrogens is 2. The molecule has 5 rings (SSSR count). The fourth-order valence-electron chi connectivity index (χ4n) is 5.07. The quantitative estimate of drug-likeness (QED) is 0.117. The maximum atomic E-state index is 14.4. The number of alkyl halides is 3. The van der Waals surface area contributed by atoms with Gasteiger partial charge in [-0.25, -0.2) is 8.78 Å². The molecule has 15 heteroatoms. The van der Waals surface area contributed by atoms with Gasteiger partial charge < -0.3 is 20.2 Å². The van der Waals surface area contributed by atoms with Gasteiger partial charge in [0.05, 0.1) is 23.4 Å². The van der Waals surface area contributed by atoms with Gasteiger partial charge in [0.25, 0.3) is 11.8 Å². The van der Waals surface area contributed by atoms with Gasteiger partial charge in [0.2, 0.25) is 0 Å². The third-order valence-corrected chi connectivity index (χ3v) is 13.4. The number of fused-ring (bicyclic) bond motifs is 3. The molecular formula is C33H30ClF5N4O4Si. The maximum Gasteiger partial charge on any atom is 0.416 e. The highest BCUT2D eigenvalue weighted by molar-refractivity contribution is 6.74. The van der Waals surface area contributed by atoms with Crippen LogP contribution in [-0.4, -0.2) is 41.6 Å². The van der Waals surface area contributed by atoms with Crippen molar-refractivity contribution in [3.05, 3.63) is 92.6 Å². The highest BCUT2D eigenvalue weighted by Gasteiger charge is 2.48. The second-order valence-corrected chi connectivity index (χ2v) is 18.1. The Balaban J connectivity index is 1.70. The molecule has 252 valence electrons. The molecule has 0 aliphatic carbocycles. The van der Waals surface area contributed by atoms with E-state index in [4.69, 9.17) is 16.0 Å². The van der Waals surface area contributed by atoms with Crippen molar-refractivity contribution in [2.75, 3.05) is 11.9 Å². The summed E-state index contributed by atoms with van der Waals surface area (Å²) in [4.78, 5) is 27.0. The SMILES string of the molecule is Cn1nc2c3c(c(NC(=O)c4cc(F)cc(C(F)(F)F)c4)cc2c1C#CCO[Si](C)(C)C(C)(C)C)C(O)(c1cc(F)ccc1Cl)NC3=O. The van der Waals surface area contributed by atoms with Gasteiger partial charge in [-0.1, -0.05) is 38.3 Å². The zero-order valence-electron chi connectivity index (χ0n) is 26.6. The van der Waals surface area contributed by atoms with Crippen LogP contribution < -0.4 is 10.6 Å². The van der Waals surface area contributed by atoms with Crippen LogP contribution in [0.25, 0.3) is 10.9 Å². The van der Waals surface area contributed by atoms with Crippen LogP contribution in [-0.2, 0) is 23.4 Å². The van der Waals surface area contributed by atoms with Crippen molar-refractivity contribution < 1.29 is 41.1 Å². The number of hydrogen-bond donors (Lipinski definition) is 3.